The van der Waals surface area contributed by atoms with E-state index in [1.165, 1.54) is 11.3 Å². The molecule has 10 heteroatoms. The molecule has 1 aliphatic rings. The Kier molecular flexibility index (Phi) is 8.96. The van der Waals surface area contributed by atoms with Gasteiger partial charge in [0.25, 0.3) is 5.56 Å². The average Bonchev–Trinajstić information content (AvgIpc) is 3.45. The monoisotopic (exact) mass is 601 g/mol. The van der Waals surface area contributed by atoms with Crippen molar-refractivity contribution in [3.8, 4) is 5.75 Å². The number of rotatable bonds is 10. The molecule has 0 radical (unpaired) electrons. The van der Waals surface area contributed by atoms with Crippen molar-refractivity contribution in [1.82, 2.24) is 9.13 Å². The van der Waals surface area contributed by atoms with Crippen LogP contribution in [-0.4, -0.2) is 41.4 Å². The molecule has 0 unspecified atom stereocenters. The van der Waals surface area contributed by atoms with Crippen molar-refractivity contribution in [3.63, 3.8) is 0 Å². The van der Waals surface area contributed by atoms with Gasteiger partial charge in [0.15, 0.2) is 4.80 Å². The molecule has 0 saturated carbocycles. The summed E-state index contributed by atoms with van der Waals surface area (Å²) >= 11 is 1.27. The minimum absolute atomic E-state index is 0.0619. The first kappa shape index (κ1) is 30.0. The Balaban J connectivity index is 1.78. The molecule has 43 heavy (non-hydrogen) atoms. The summed E-state index contributed by atoms with van der Waals surface area (Å²) in [6, 6.07) is 14.4. The van der Waals surface area contributed by atoms with Crippen LogP contribution in [0.3, 0.4) is 0 Å². The lowest BCUT2D eigenvalue weighted by atomic mass is 9.93. The molecule has 0 N–H and O–H groups in total. The van der Waals surface area contributed by atoms with E-state index < -0.39 is 12.0 Å². The Morgan fingerprint density at radius 1 is 1.02 bits per heavy atom. The van der Waals surface area contributed by atoms with Crippen LogP contribution in [0.2, 0.25) is 0 Å². The summed E-state index contributed by atoms with van der Waals surface area (Å²) in [6.45, 7) is 8.04. The van der Waals surface area contributed by atoms with Crippen molar-refractivity contribution in [1.29, 1.82) is 0 Å². The number of esters is 2. The van der Waals surface area contributed by atoms with E-state index in [9.17, 15) is 14.4 Å². The minimum Gasteiger partial charge on any atom is -0.496 e. The van der Waals surface area contributed by atoms with Crippen LogP contribution in [0.25, 0.3) is 17.0 Å². The van der Waals surface area contributed by atoms with E-state index >= 15 is 0 Å². The second-order valence-electron chi connectivity index (χ2n) is 10.1. The number of para-hydroxylation sites is 2. The minimum atomic E-state index is -0.776. The van der Waals surface area contributed by atoms with E-state index in [-0.39, 0.29) is 24.7 Å². The molecule has 9 nitrogen and oxygen atoms in total. The smallest absolute Gasteiger partial charge is 0.338 e. The molecule has 2 aromatic heterocycles. The number of nitrogens with zero attached hydrogens (tertiary/aromatic N) is 3. The second-order valence-corrected chi connectivity index (χ2v) is 11.1. The highest BCUT2D eigenvalue weighted by Gasteiger charge is 2.36. The number of hydrogen-bond acceptors (Lipinski definition) is 8. The first-order chi connectivity index (χ1) is 20.8. The number of methoxy groups -OCH3 is 1. The van der Waals surface area contributed by atoms with Gasteiger partial charge < -0.3 is 18.8 Å². The Morgan fingerprint density at radius 2 is 1.74 bits per heavy atom. The van der Waals surface area contributed by atoms with Gasteiger partial charge in [-0.25, -0.2) is 9.79 Å². The largest absolute Gasteiger partial charge is 0.496 e. The van der Waals surface area contributed by atoms with Gasteiger partial charge in [-0.2, -0.15) is 0 Å². The number of hydrogen-bond donors (Lipinski definition) is 0. The Morgan fingerprint density at radius 3 is 2.47 bits per heavy atom. The van der Waals surface area contributed by atoms with Crippen LogP contribution in [0.4, 0.5) is 0 Å². The van der Waals surface area contributed by atoms with Crippen molar-refractivity contribution in [2.75, 3.05) is 20.3 Å². The molecule has 1 aliphatic heterocycles. The molecule has 1 atom stereocenters. The predicted molar refractivity (Wildman–Crippen MR) is 166 cm³/mol. The number of aromatic nitrogens is 2. The zero-order valence-corrected chi connectivity index (χ0v) is 25.8. The van der Waals surface area contributed by atoms with Crippen molar-refractivity contribution in [3.05, 3.63) is 96.3 Å². The fraction of sp³-hybridized carbons (Fsp3) is 0.333. The Hall–Kier alpha value is -4.44. The summed E-state index contributed by atoms with van der Waals surface area (Å²) in [4.78, 5) is 45.6. The van der Waals surface area contributed by atoms with Crippen LogP contribution in [-0.2, 0) is 25.6 Å². The lowest BCUT2D eigenvalue weighted by Crippen LogP contribution is -2.40. The highest BCUT2D eigenvalue weighted by Crippen LogP contribution is 2.37. The lowest BCUT2D eigenvalue weighted by molar-refractivity contribution is -0.143. The fourth-order valence-electron chi connectivity index (χ4n) is 5.62. The molecule has 2 aromatic carbocycles. The van der Waals surface area contributed by atoms with E-state index in [0.717, 1.165) is 28.6 Å². The molecule has 0 fully saturated rings. The van der Waals surface area contributed by atoms with Gasteiger partial charge >= 0.3 is 11.9 Å². The fourth-order valence-corrected chi connectivity index (χ4v) is 6.62. The zero-order chi connectivity index (χ0) is 30.7. The summed E-state index contributed by atoms with van der Waals surface area (Å²) in [5, 5.41) is 0.912. The quantitative estimate of drug-likeness (QED) is 0.250. The van der Waals surface area contributed by atoms with Crippen molar-refractivity contribution >= 4 is 40.3 Å². The SMILES string of the molecule is CCCC1=C(C(=O)OCC)[C@H](c2ccccc2OC)n2c(s/c(=C\c3c(C)n(CC(=O)OCC)c4ccccc34)c2=O)=N1. The molecule has 0 saturated heterocycles. The van der Waals surface area contributed by atoms with E-state index in [4.69, 9.17) is 19.2 Å². The first-order valence-electron chi connectivity index (χ1n) is 14.4. The zero-order valence-electron chi connectivity index (χ0n) is 25.0. The lowest BCUT2D eigenvalue weighted by Gasteiger charge is -2.26. The third kappa shape index (κ3) is 5.54. The molecule has 0 amide bonds. The molecule has 224 valence electrons. The molecule has 0 bridgehead atoms. The summed E-state index contributed by atoms with van der Waals surface area (Å²) < 4.78 is 20.3. The van der Waals surface area contributed by atoms with Crippen LogP contribution in [0, 0.1) is 6.92 Å². The summed E-state index contributed by atoms with van der Waals surface area (Å²) in [7, 11) is 1.57. The maximum absolute atomic E-state index is 14.3. The van der Waals surface area contributed by atoms with Crippen LogP contribution >= 0.6 is 11.3 Å². The topological polar surface area (TPSA) is 101 Å². The molecule has 4 aromatic rings. The van der Waals surface area contributed by atoms with Crippen molar-refractivity contribution in [2.45, 2.75) is 53.1 Å². The van der Waals surface area contributed by atoms with Gasteiger partial charge in [-0.1, -0.05) is 61.1 Å². The molecule has 0 aliphatic carbocycles. The normalized spacial score (nSPS) is 14.9. The summed E-state index contributed by atoms with van der Waals surface area (Å²) in [6.07, 6.45) is 3.16. The average molecular weight is 602 g/mol. The standard InChI is InChI=1S/C33H35N3O6S/c1-6-13-24-29(32(39)42-8-3)30(22-15-10-12-17-26(22)40-5)36-31(38)27(43-33(36)34-24)18-23-20(4)35(19-28(37)41-7-2)25-16-11-9-14-21(23)25/h9-12,14-18,30H,6-8,13,19H2,1-5H3/b27-18-/t30-/m0/s1. The maximum Gasteiger partial charge on any atom is 0.338 e. The third-order valence-electron chi connectivity index (χ3n) is 7.47. The number of carbonyl (C=O) groups is 2. The Labute approximate surface area is 253 Å². The second kappa shape index (κ2) is 12.8. The molecular weight excluding hydrogens is 566 g/mol. The van der Waals surface area contributed by atoms with Gasteiger partial charge in [0, 0.05) is 27.7 Å². The van der Waals surface area contributed by atoms with Gasteiger partial charge in [0.1, 0.15) is 18.3 Å². The highest BCUT2D eigenvalue weighted by atomic mass is 32.1. The van der Waals surface area contributed by atoms with Crippen molar-refractivity contribution in [2.24, 2.45) is 4.99 Å². The summed E-state index contributed by atoms with van der Waals surface area (Å²) in [5.74, 6) is -0.277. The van der Waals surface area contributed by atoms with Gasteiger partial charge in [-0.05, 0) is 45.4 Å². The number of allylic oxidation sites excluding steroid dienone is 1. The molecule has 0 spiro atoms. The van der Waals surface area contributed by atoms with Gasteiger partial charge in [-0.3, -0.25) is 14.2 Å². The van der Waals surface area contributed by atoms with Crippen LogP contribution < -0.4 is 19.6 Å². The van der Waals surface area contributed by atoms with E-state index in [0.29, 0.717) is 44.9 Å². The molecule has 3 heterocycles. The van der Waals surface area contributed by atoms with Gasteiger partial charge in [0.2, 0.25) is 0 Å². The van der Waals surface area contributed by atoms with E-state index in [1.807, 2.05) is 73.0 Å². The van der Waals surface area contributed by atoms with Gasteiger partial charge in [-0.15, -0.1) is 0 Å². The molecular formula is C33H35N3O6S. The summed E-state index contributed by atoms with van der Waals surface area (Å²) in [5.41, 5.74) is 3.87. The number of benzene rings is 2. The van der Waals surface area contributed by atoms with Gasteiger partial charge in [0.05, 0.1) is 36.1 Å². The third-order valence-corrected chi connectivity index (χ3v) is 8.46. The molecule has 5 rings (SSSR count). The van der Waals surface area contributed by atoms with E-state index in [1.54, 1.807) is 25.5 Å². The Bertz CT molecular complexity index is 1910. The number of thiazole rings is 1. The highest BCUT2D eigenvalue weighted by molar-refractivity contribution is 7.07. The van der Waals surface area contributed by atoms with E-state index in [2.05, 4.69) is 0 Å². The number of carbonyl (C=O) groups excluding carboxylic acids is 2. The number of fused-ring (bicyclic) bond motifs is 2. The van der Waals surface area contributed by atoms with Crippen LogP contribution in [0.1, 0.15) is 56.5 Å². The predicted octanol–water partition coefficient (Wildman–Crippen LogP) is 4.41. The first-order valence-corrected chi connectivity index (χ1v) is 15.2. The number of ether oxygens (including phenoxy) is 3. The van der Waals surface area contributed by atoms with Crippen LogP contribution in [0.5, 0.6) is 5.75 Å². The van der Waals surface area contributed by atoms with Crippen molar-refractivity contribution < 1.29 is 23.8 Å². The maximum atomic E-state index is 14.3. The van der Waals surface area contributed by atoms with Crippen LogP contribution in [0.15, 0.2) is 69.6 Å².